The number of allylic oxidation sites excluding steroid dienone is 4. The predicted octanol–water partition coefficient (Wildman–Crippen LogP) is 5.35. The number of carbonyl (C=O) groups excluding carboxylic acids is 4. The molecule has 1 amide bonds. The van der Waals surface area contributed by atoms with Crippen LogP contribution in [0, 0.1) is 0 Å². The third-order valence-corrected chi connectivity index (χ3v) is 7.73. The molecule has 0 bridgehead atoms. The van der Waals surface area contributed by atoms with E-state index in [9.17, 15) is 19.2 Å². The zero-order valence-corrected chi connectivity index (χ0v) is 22.8. The molecule has 0 aliphatic heterocycles. The summed E-state index contributed by atoms with van der Waals surface area (Å²) in [6.07, 6.45) is 5.62. The number of thiocarbonyl (C=S) groups is 1. The first kappa shape index (κ1) is 28.2. The molecule has 0 radical (unpaired) electrons. The van der Waals surface area contributed by atoms with E-state index in [4.69, 9.17) is 12.2 Å². The zero-order valence-electron chi connectivity index (χ0n) is 20.4. The summed E-state index contributed by atoms with van der Waals surface area (Å²) in [5.41, 5.74) is 1.04. The molecule has 0 fully saturated rings. The highest BCUT2D eigenvalue weighted by Crippen LogP contribution is 2.37. The van der Waals surface area contributed by atoms with Gasteiger partial charge in [0.05, 0.1) is 11.1 Å². The fraction of sp³-hybridized carbons (Fsp3) is 0.269. The van der Waals surface area contributed by atoms with E-state index < -0.39 is 5.91 Å². The summed E-state index contributed by atoms with van der Waals surface area (Å²) >= 11 is 7.98. The van der Waals surface area contributed by atoms with Gasteiger partial charge in [0.1, 0.15) is 0 Å². The molecule has 2 aromatic rings. The minimum Gasteiger partial charge on any atom is -0.365 e. The molecule has 0 atom stereocenters. The van der Waals surface area contributed by atoms with E-state index in [-0.39, 0.29) is 27.8 Å². The van der Waals surface area contributed by atoms with Crippen LogP contribution in [-0.2, 0) is 19.2 Å². The van der Waals surface area contributed by atoms with Gasteiger partial charge in [-0.25, -0.2) is 0 Å². The van der Waals surface area contributed by atoms with Gasteiger partial charge < -0.3 is 5.32 Å². The first-order valence-electron chi connectivity index (χ1n) is 11.2. The summed E-state index contributed by atoms with van der Waals surface area (Å²) in [6, 6.07) is 3.77. The van der Waals surface area contributed by atoms with Crippen LogP contribution < -0.4 is 5.32 Å². The van der Waals surface area contributed by atoms with Gasteiger partial charge in [0, 0.05) is 43.9 Å². The van der Waals surface area contributed by atoms with Gasteiger partial charge in [-0.05, 0) is 49.8 Å². The van der Waals surface area contributed by atoms with Gasteiger partial charge in [-0.3, -0.25) is 24.1 Å². The number of carbonyl (C=O) groups is 4. The molecule has 2 aromatic heterocycles. The second-order valence-corrected chi connectivity index (χ2v) is 9.63. The second-order valence-electron chi connectivity index (χ2n) is 7.01. The number of rotatable bonds is 7. The minimum atomic E-state index is -0.468. The Labute approximate surface area is 218 Å². The minimum absolute atomic E-state index is 0.00275. The molecule has 35 heavy (non-hydrogen) atoms. The van der Waals surface area contributed by atoms with Gasteiger partial charge >= 0.3 is 0 Å². The van der Waals surface area contributed by atoms with Gasteiger partial charge in [-0.15, -0.1) is 22.7 Å². The number of ketones is 2. The maximum Gasteiger partial charge on any atom is 0.263 e. The number of aldehydes is 1. The zero-order chi connectivity index (χ0) is 26.3. The average Bonchev–Trinajstić information content (AvgIpc) is 3.49. The summed E-state index contributed by atoms with van der Waals surface area (Å²) in [4.78, 5) is 52.4. The lowest BCUT2D eigenvalue weighted by atomic mass is 10.1. The highest BCUT2D eigenvalue weighted by molar-refractivity contribution is 7.80. The Morgan fingerprint density at radius 1 is 1.11 bits per heavy atom. The smallest absolute Gasteiger partial charge is 0.263 e. The molecule has 1 aliphatic carbocycles. The number of likely N-dealkylation sites (N-methyl/N-ethyl adjacent to an activating group) is 1. The fourth-order valence-electron chi connectivity index (χ4n) is 3.50. The maximum absolute atomic E-state index is 12.7. The van der Waals surface area contributed by atoms with Crippen LogP contribution >= 0.6 is 34.9 Å². The first-order valence-corrected chi connectivity index (χ1v) is 13.2. The lowest BCUT2D eigenvalue weighted by molar-refractivity contribution is -0.124. The van der Waals surface area contributed by atoms with Crippen molar-refractivity contribution in [3.05, 3.63) is 56.8 Å². The Morgan fingerprint density at radius 3 is 2.20 bits per heavy atom. The third-order valence-electron chi connectivity index (χ3n) is 5.11. The standard InChI is InChI=1S/C24H22N2O4S3.C2H6/c1-5-16-17(6-2)22(29)18(21(16)28)9-15-11-20-19(33-15)10-14(32-20)8-13(12-27)23(30)26(7-3)24(31)25-4;1-2/h5,8-12H,1,6-7H2,2-4H3,(H,25,31);1-2H3/b13-8-,18-9+;. The fourth-order valence-corrected chi connectivity index (χ4v) is 6.02. The molecule has 9 heteroatoms. The number of Topliss-reactive ketones (excluding diaryl/α,β-unsaturated/α-hetero) is 2. The predicted molar refractivity (Wildman–Crippen MR) is 150 cm³/mol. The van der Waals surface area contributed by atoms with Crippen molar-refractivity contribution in [3.63, 3.8) is 0 Å². The Balaban J connectivity index is 0.00000210. The van der Waals surface area contributed by atoms with Gasteiger partial charge in [0.25, 0.3) is 5.91 Å². The number of amides is 1. The molecular formula is C26H28N2O4S3. The number of thiophene rings is 2. The Morgan fingerprint density at radius 2 is 1.71 bits per heavy atom. The van der Waals surface area contributed by atoms with Crippen LogP contribution in [0.4, 0.5) is 0 Å². The van der Waals surface area contributed by atoms with Gasteiger partial charge in [-0.2, -0.15) is 0 Å². The van der Waals surface area contributed by atoms with Crippen molar-refractivity contribution in [2.24, 2.45) is 0 Å². The van der Waals surface area contributed by atoms with Crippen molar-refractivity contribution in [3.8, 4) is 0 Å². The maximum atomic E-state index is 12.7. The molecule has 0 saturated heterocycles. The topological polar surface area (TPSA) is 83.6 Å². The summed E-state index contributed by atoms with van der Waals surface area (Å²) in [6.45, 7) is 11.6. The molecule has 2 heterocycles. The summed E-state index contributed by atoms with van der Waals surface area (Å²) in [5, 5.41) is 2.99. The number of nitrogens with one attached hydrogen (secondary N) is 1. The quantitative estimate of drug-likeness (QED) is 0.171. The largest absolute Gasteiger partial charge is 0.365 e. The van der Waals surface area contributed by atoms with E-state index in [1.165, 1.54) is 33.6 Å². The summed E-state index contributed by atoms with van der Waals surface area (Å²) in [5.74, 6) is -1.00. The third kappa shape index (κ3) is 5.80. The van der Waals surface area contributed by atoms with Gasteiger partial charge in [-0.1, -0.05) is 33.4 Å². The van der Waals surface area contributed by atoms with Crippen LogP contribution in [0.2, 0.25) is 0 Å². The summed E-state index contributed by atoms with van der Waals surface area (Å²) in [7, 11) is 1.62. The van der Waals surface area contributed by atoms with Crippen molar-refractivity contribution in [1.82, 2.24) is 10.2 Å². The molecule has 0 spiro atoms. The molecule has 1 N–H and O–H groups in total. The number of hydrogen-bond acceptors (Lipinski definition) is 7. The highest BCUT2D eigenvalue weighted by atomic mass is 32.1. The second kappa shape index (κ2) is 12.6. The lowest BCUT2D eigenvalue weighted by Gasteiger charge is -2.20. The molecule has 184 valence electrons. The van der Waals surface area contributed by atoms with E-state index in [1.807, 2.05) is 32.9 Å². The monoisotopic (exact) mass is 528 g/mol. The van der Waals surface area contributed by atoms with E-state index in [0.29, 0.717) is 30.4 Å². The lowest BCUT2D eigenvalue weighted by Crippen LogP contribution is -2.42. The average molecular weight is 529 g/mol. The van der Waals surface area contributed by atoms with Crippen molar-refractivity contribution in [1.29, 1.82) is 0 Å². The molecule has 3 rings (SSSR count). The number of fused-ring (bicyclic) bond motifs is 1. The van der Waals surface area contributed by atoms with Crippen LogP contribution in [0.15, 0.2) is 47.1 Å². The Hall–Kier alpha value is -3.01. The van der Waals surface area contributed by atoms with Crippen molar-refractivity contribution in [2.45, 2.75) is 34.1 Å². The van der Waals surface area contributed by atoms with E-state index in [2.05, 4.69) is 11.9 Å². The van der Waals surface area contributed by atoms with Gasteiger partial charge in [0.2, 0.25) is 0 Å². The van der Waals surface area contributed by atoms with Crippen LogP contribution in [0.5, 0.6) is 0 Å². The molecule has 1 aliphatic rings. The Bertz CT molecular complexity index is 1260. The van der Waals surface area contributed by atoms with Crippen molar-refractivity contribution >= 4 is 85.3 Å². The highest BCUT2D eigenvalue weighted by Gasteiger charge is 2.33. The summed E-state index contributed by atoms with van der Waals surface area (Å²) < 4.78 is 1.86. The first-order chi connectivity index (χ1) is 16.8. The van der Waals surface area contributed by atoms with Crippen molar-refractivity contribution in [2.75, 3.05) is 13.6 Å². The van der Waals surface area contributed by atoms with Crippen LogP contribution in [-0.4, -0.2) is 47.4 Å². The number of nitrogens with zero attached hydrogens (tertiary/aromatic N) is 1. The normalized spacial score (nSPS) is 14.8. The molecule has 0 unspecified atom stereocenters. The molecular weight excluding hydrogens is 500 g/mol. The molecule has 0 aromatic carbocycles. The van der Waals surface area contributed by atoms with E-state index in [1.54, 1.807) is 26.1 Å². The molecule has 6 nitrogen and oxygen atoms in total. The van der Waals surface area contributed by atoms with E-state index in [0.717, 1.165) is 19.2 Å². The molecule has 0 saturated carbocycles. The van der Waals surface area contributed by atoms with Gasteiger partial charge in [0.15, 0.2) is 23.0 Å². The van der Waals surface area contributed by atoms with Crippen LogP contribution in [0.25, 0.3) is 21.6 Å². The van der Waals surface area contributed by atoms with Crippen LogP contribution in [0.1, 0.15) is 43.9 Å². The number of hydrogen-bond donors (Lipinski definition) is 1. The SMILES string of the molecule is C=CC1=C(CC)C(=O)/C(=C/c2cc3sc(/C=C(/C=O)C(=O)N(CC)C(=S)NC)cc3s2)C1=O.CC. The van der Waals surface area contributed by atoms with Crippen molar-refractivity contribution < 1.29 is 19.2 Å². The Kier molecular flexibility index (Phi) is 10.2. The van der Waals surface area contributed by atoms with Crippen LogP contribution in [0.3, 0.4) is 0 Å². The van der Waals surface area contributed by atoms with E-state index >= 15 is 0 Å².